The fourth-order valence-electron chi connectivity index (χ4n) is 8.15. The zero-order chi connectivity index (χ0) is 37.2. The normalized spacial score (nSPS) is 21.4. The van der Waals surface area contributed by atoms with Gasteiger partial charge in [-0.25, -0.2) is 18.2 Å². The molecule has 1 fully saturated rings. The smallest absolute Gasteiger partial charge is 0.258 e. The Morgan fingerprint density at radius 3 is 2.55 bits per heavy atom. The van der Waals surface area contributed by atoms with E-state index in [2.05, 4.69) is 27.5 Å². The van der Waals surface area contributed by atoms with Crippen LogP contribution in [0, 0.1) is 11.7 Å². The molecule has 53 heavy (non-hydrogen) atoms. The SMILES string of the molecule is COC1=CC=C(CN2C(=O)c3c([nH]c(-c4ccnc(NC(=O)C(CC(F)F)c5ccc(F)cc5)c4)c3Nc3ccccc3)[C@H]3CCC[C@H]32)C(OC)C1C. The molecule has 276 valence electrons. The van der Waals surface area contributed by atoms with Crippen LogP contribution >= 0.6 is 0 Å². The van der Waals surface area contributed by atoms with Gasteiger partial charge in [0.2, 0.25) is 12.3 Å². The summed E-state index contributed by atoms with van der Waals surface area (Å²) in [5.74, 6) is -1.54. The Labute approximate surface area is 306 Å². The second kappa shape index (κ2) is 15.3. The maximum Gasteiger partial charge on any atom is 0.258 e. The Morgan fingerprint density at radius 1 is 1.06 bits per heavy atom. The number of rotatable bonds is 12. The van der Waals surface area contributed by atoms with Gasteiger partial charge in [0.05, 0.1) is 36.1 Å². The summed E-state index contributed by atoms with van der Waals surface area (Å²) in [5.41, 5.74) is 5.30. The molecule has 2 aromatic carbocycles. The third-order valence-corrected chi connectivity index (χ3v) is 10.7. The van der Waals surface area contributed by atoms with Crippen molar-refractivity contribution < 1.29 is 32.2 Å². The second-order valence-corrected chi connectivity index (χ2v) is 13.8. The van der Waals surface area contributed by atoms with Gasteiger partial charge in [0.25, 0.3) is 5.91 Å². The first-order chi connectivity index (χ1) is 25.7. The lowest BCUT2D eigenvalue weighted by molar-refractivity contribution is -0.118. The van der Waals surface area contributed by atoms with Crippen LogP contribution in [0.3, 0.4) is 0 Å². The van der Waals surface area contributed by atoms with E-state index in [0.29, 0.717) is 29.1 Å². The maximum absolute atomic E-state index is 14.8. The van der Waals surface area contributed by atoms with Crippen LogP contribution in [0.25, 0.3) is 11.3 Å². The molecule has 9 nitrogen and oxygen atoms in total. The molecule has 2 amide bonds. The van der Waals surface area contributed by atoms with Gasteiger partial charge >= 0.3 is 0 Å². The number of anilines is 3. The largest absolute Gasteiger partial charge is 0.501 e. The molecule has 3 N–H and O–H groups in total. The van der Waals surface area contributed by atoms with E-state index in [1.807, 2.05) is 47.4 Å². The van der Waals surface area contributed by atoms with Crippen molar-refractivity contribution in [1.82, 2.24) is 14.9 Å². The van der Waals surface area contributed by atoms with Crippen LogP contribution in [0.5, 0.6) is 0 Å². The number of hydrogen-bond acceptors (Lipinski definition) is 6. The molecule has 1 aliphatic heterocycles. The molecule has 12 heteroatoms. The molecule has 7 rings (SSSR count). The molecular weight excluding hydrogens is 683 g/mol. The van der Waals surface area contributed by atoms with Crippen LogP contribution in [0.1, 0.15) is 66.1 Å². The predicted molar refractivity (Wildman–Crippen MR) is 197 cm³/mol. The summed E-state index contributed by atoms with van der Waals surface area (Å²) in [6.07, 6.45) is 4.45. The number of methoxy groups -OCH3 is 2. The van der Waals surface area contributed by atoms with Crippen molar-refractivity contribution >= 4 is 29.0 Å². The highest BCUT2D eigenvalue weighted by molar-refractivity contribution is 6.07. The highest BCUT2D eigenvalue weighted by Crippen LogP contribution is 2.49. The molecule has 0 spiro atoms. The van der Waals surface area contributed by atoms with E-state index >= 15 is 0 Å². The summed E-state index contributed by atoms with van der Waals surface area (Å²) in [5, 5.41) is 6.22. The third-order valence-electron chi connectivity index (χ3n) is 10.7. The average molecular weight is 726 g/mol. The Bertz CT molecular complexity index is 2030. The van der Waals surface area contributed by atoms with Gasteiger partial charge in [0, 0.05) is 61.1 Å². The van der Waals surface area contributed by atoms with Crippen molar-refractivity contribution in [1.29, 1.82) is 0 Å². The first-order valence-corrected chi connectivity index (χ1v) is 17.8. The highest BCUT2D eigenvalue weighted by atomic mass is 19.3. The van der Waals surface area contributed by atoms with E-state index in [9.17, 15) is 22.8 Å². The number of aromatic nitrogens is 2. The number of allylic oxidation sites excluding steroid dienone is 2. The number of nitrogens with zero attached hydrogens (tertiary/aromatic N) is 2. The second-order valence-electron chi connectivity index (χ2n) is 13.8. The Hall–Kier alpha value is -5.36. The fourth-order valence-corrected chi connectivity index (χ4v) is 8.15. The number of H-pyrrole nitrogens is 1. The van der Waals surface area contributed by atoms with Crippen LogP contribution < -0.4 is 10.6 Å². The molecule has 3 heterocycles. The van der Waals surface area contributed by atoms with E-state index in [4.69, 9.17) is 9.47 Å². The van der Waals surface area contributed by atoms with Crippen molar-refractivity contribution in [3.8, 4) is 11.3 Å². The molecule has 2 aliphatic carbocycles. The van der Waals surface area contributed by atoms with Crippen molar-refractivity contribution in [2.24, 2.45) is 5.92 Å². The molecule has 0 radical (unpaired) electrons. The van der Waals surface area contributed by atoms with Crippen LogP contribution in [0.2, 0.25) is 0 Å². The number of pyridine rings is 1. The van der Waals surface area contributed by atoms with Gasteiger partial charge in [0.15, 0.2) is 0 Å². The van der Waals surface area contributed by atoms with Gasteiger partial charge in [0.1, 0.15) is 17.4 Å². The summed E-state index contributed by atoms with van der Waals surface area (Å²) < 4.78 is 52.4. The minimum absolute atomic E-state index is 0.0156. The Balaban J connectivity index is 1.26. The number of amides is 2. The molecule has 1 saturated carbocycles. The van der Waals surface area contributed by atoms with E-state index < -0.39 is 30.5 Å². The average Bonchev–Trinajstić information content (AvgIpc) is 3.79. The lowest BCUT2D eigenvalue weighted by atomic mass is 9.86. The minimum Gasteiger partial charge on any atom is -0.501 e. The quantitative estimate of drug-likeness (QED) is 0.135. The minimum atomic E-state index is -2.76. The zero-order valence-electron chi connectivity index (χ0n) is 29.7. The van der Waals surface area contributed by atoms with E-state index in [0.717, 1.165) is 54.1 Å². The van der Waals surface area contributed by atoms with Crippen LogP contribution in [-0.2, 0) is 14.3 Å². The first kappa shape index (κ1) is 36.0. The van der Waals surface area contributed by atoms with Gasteiger partial charge in [-0.1, -0.05) is 49.8 Å². The van der Waals surface area contributed by atoms with Crippen molar-refractivity contribution in [3.05, 3.63) is 119 Å². The maximum atomic E-state index is 14.8. The van der Waals surface area contributed by atoms with E-state index in [1.54, 1.807) is 26.4 Å². The van der Waals surface area contributed by atoms with Gasteiger partial charge in [-0.05, 0) is 66.5 Å². The number of alkyl halides is 2. The van der Waals surface area contributed by atoms with Gasteiger partial charge in [-0.2, -0.15) is 0 Å². The van der Waals surface area contributed by atoms with Gasteiger partial charge in [-0.15, -0.1) is 0 Å². The predicted octanol–water partition coefficient (Wildman–Crippen LogP) is 8.55. The van der Waals surface area contributed by atoms with Crippen molar-refractivity contribution in [2.45, 2.75) is 63.0 Å². The summed E-state index contributed by atoms with van der Waals surface area (Å²) in [7, 11) is 3.32. The number of carbonyl (C=O) groups excluding carboxylic acids is 2. The monoisotopic (exact) mass is 725 g/mol. The number of halogens is 3. The number of hydrogen-bond donors (Lipinski definition) is 3. The van der Waals surface area contributed by atoms with E-state index in [-0.39, 0.29) is 41.3 Å². The fraction of sp³-hybridized carbons (Fsp3) is 0.341. The van der Waals surface area contributed by atoms with E-state index in [1.165, 1.54) is 18.3 Å². The lowest BCUT2D eigenvalue weighted by Gasteiger charge is -2.40. The topological polar surface area (TPSA) is 109 Å². The summed E-state index contributed by atoms with van der Waals surface area (Å²) in [6, 6.07) is 17.9. The van der Waals surface area contributed by atoms with Gasteiger partial charge < -0.3 is 30.0 Å². The molecular formula is C41H42F3N5O4. The van der Waals surface area contributed by atoms with Crippen LogP contribution in [0.4, 0.5) is 30.4 Å². The zero-order valence-corrected chi connectivity index (χ0v) is 29.7. The van der Waals surface area contributed by atoms with Crippen LogP contribution in [-0.4, -0.2) is 66.0 Å². The van der Waals surface area contributed by atoms with Crippen molar-refractivity contribution in [2.75, 3.05) is 31.4 Å². The van der Waals surface area contributed by atoms with Crippen molar-refractivity contribution in [3.63, 3.8) is 0 Å². The molecule has 5 atom stereocenters. The highest BCUT2D eigenvalue weighted by Gasteiger charge is 2.46. The number of ether oxygens (including phenoxy) is 2. The summed E-state index contributed by atoms with van der Waals surface area (Å²) >= 11 is 0. The number of nitrogens with one attached hydrogen (secondary N) is 3. The summed E-state index contributed by atoms with van der Waals surface area (Å²) in [4.78, 5) is 38.2. The number of carbonyl (C=O) groups is 2. The molecule has 2 aromatic heterocycles. The molecule has 3 aliphatic rings. The number of benzene rings is 2. The lowest BCUT2D eigenvalue weighted by Crippen LogP contribution is -2.48. The standard InChI is InChI=1S/C41H42F3N5O4/c1-23-32(52-2)17-14-26(39(23)53-3)22-49-31-11-7-10-29(31)37-35(41(49)51)38(46-28-8-5-4-6-9-28)36(48-37)25-18-19-45-34(20-25)47-40(50)30(21-33(43)44)24-12-15-27(42)16-13-24/h4-6,8-9,12-20,23,29-31,33,39,46,48H,7,10-11,21-22H2,1-3H3,(H,45,47,50)/t23?,29-,30?,31+,39?/m0/s1. The number of fused-ring (bicyclic) bond motifs is 3. The molecule has 0 bridgehead atoms. The summed E-state index contributed by atoms with van der Waals surface area (Å²) in [6.45, 7) is 2.46. The third kappa shape index (κ3) is 7.20. The van der Waals surface area contributed by atoms with Gasteiger partial charge in [-0.3, -0.25) is 9.59 Å². The molecule has 3 unspecified atom stereocenters. The van der Waals surface area contributed by atoms with Crippen LogP contribution in [0.15, 0.2) is 96.4 Å². The Morgan fingerprint density at radius 2 is 1.83 bits per heavy atom. The number of para-hydroxylation sites is 1. The first-order valence-electron chi connectivity index (χ1n) is 17.8. The molecule has 4 aromatic rings. The Kier molecular flexibility index (Phi) is 10.4. The molecule has 0 saturated heterocycles. The number of aromatic amines is 1.